The predicted molar refractivity (Wildman–Crippen MR) is 47.9 cm³/mol. The average molecular weight is 181 g/mol. The molecule has 0 amide bonds. The third-order valence-corrected chi connectivity index (χ3v) is 2.54. The van der Waals surface area contributed by atoms with Crippen LogP contribution in [0.15, 0.2) is 0 Å². The zero-order valence-electron chi connectivity index (χ0n) is 7.66. The highest BCUT2D eigenvalue weighted by Gasteiger charge is 2.12. The maximum absolute atomic E-state index is 3.89. The molecule has 0 saturated heterocycles. The van der Waals surface area contributed by atoms with Crippen molar-refractivity contribution in [2.75, 3.05) is 0 Å². The number of H-pyrrole nitrogens is 1. The molecular weight excluding hydrogens is 166 g/mol. The maximum Gasteiger partial charge on any atom is 0.188 e. The van der Waals surface area contributed by atoms with Gasteiger partial charge in [-0.1, -0.05) is 24.5 Å². The van der Waals surface area contributed by atoms with Crippen LogP contribution in [0, 0.1) is 0 Å². The predicted octanol–water partition coefficient (Wildman–Crippen LogP) is 0.622. The van der Waals surface area contributed by atoms with E-state index in [0.29, 0.717) is 6.04 Å². The van der Waals surface area contributed by atoms with Gasteiger partial charge in [-0.25, -0.2) is 0 Å². The summed E-state index contributed by atoms with van der Waals surface area (Å²) in [5.41, 5.74) is 0. The van der Waals surface area contributed by atoms with E-state index in [4.69, 9.17) is 0 Å². The van der Waals surface area contributed by atoms with Gasteiger partial charge in [0.15, 0.2) is 5.82 Å². The first-order valence-electron chi connectivity index (χ1n) is 4.91. The molecule has 1 aliphatic rings. The summed E-state index contributed by atoms with van der Waals surface area (Å²) in [4.78, 5) is 0. The minimum atomic E-state index is 0.659. The molecule has 1 fully saturated rings. The number of tetrazole rings is 1. The topological polar surface area (TPSA) is 66.5 Å². The van der Waals surface area contributed by atoms with Crippen molar-refractivity contribution in [3.63, 3.8) is 0 Å². The van der Waals surface area contributed by atoms with Gasteiger partial charge in [0.2, 0.25) is 0 Å². The van der Waals surface area contributed by atoms with E-state index in [1.807, 2.05) is 0 Å². The van der Waals surface area contributed by atoms with Crippen LogP contribution in [-0.4, -0.2) is 26.7 Å². The first-order valence-corrected chi connectivity index (χ1v) is 4.91. The van der Waals surface area contributed by atoms with Gasteiger partial charge in [-0.15, -0.1) is 10.2 Å². The Bertz CT molecular complexity index is 227. The molecule has 1 aromatic heterocycles. The number of rotatable bonds is 3. The Morgan fingerprint density at radius 2 is 2.15 bits per heavy atom. The van der Waals surface area contributed by atoms with Crippen LogP contribution in [0.5, 0.6) is 0 Å². The summed E-state index contributed by atoms with van der Waals surface area (Å²) in [6.45, 7) is 0.737. The van der Waals surface area contributed by atoms with Gasteiger partial charge in [-0.2, -0.15) is 5.21 Å². The molecule has 2 rings (SSSR count). The molecule has 0 atom stereocenters. The van der Waals surface area contributed by atoms with Crippen molar-refractivity contribution in [1.29, 1.82) is 0 Å². The van der Waals surface area contributed by atoms with Gasteiger partial charge in [-0.05, 0) is 12.8 Å². The molecular formula is C8H15N5. The highest BCUT2D eigenvalue weighted by molar-refractivity contribution is 4.78. The highest BCUT2D eigenvalue weighted by Crippen LogP contribution is 2.17. The summed E-state index contributed by atoms with van der Waals surface area (Å²) >= 11 is 0. The number of aromatic amines is 1. The first kappa shape index (κ1) is 8.62. The number of hydrogen-bond acceptors (Lipinski definition) is 4. The van der Waals surface area contributed by atoms with Gasteiger partial charge >= 0.3 is 0 Å². The molecule has 1 heterocycles. The Labute approximate surface area is 77.3 Å². The third-order valence-electron chi connectivity index (χ3n) is 2.54. The molecule has 0 aromatic carbocycles. The second-order valence-electron chi connectivity index (χ2n) is 3.54. The Kier molecular flexibility index (Phi) is 2.86. The number of nitrogens with one attached hydrogen (secondary N) is 2. The van der Waals surface area contributed by atoms with Crippen molar-refractivity contribution in [2.24, 2.45) is 0 Å². The molecule has 2 N–H and O–H groups in total. The fourth-order valence-corrected chi connectivity index (χ4v) is 1.80. The quantitative estimate of drug-likeness (QED) is 0.717. The van der Waals surface area contributed by atoms with Crippen molar-refractivity contribution >= 4 is 0 Å². The van der Waals surface area contributed by atoms with Crippen molar-refractivity contribution in [3.8, 4) is 0 Å². The number of aromatic nitrogens is 4. The van der Waals surface area contributed by atoms with E-state index in [1.165, 1.54) is 32.1 Å². The Morgan fingerprint density at radius 3 is 2.85 bits per heavy atom. The summed E-state index contributed by atoms with van der Waals surface area (Å²) in [5, 5.41) is 17.2. The molecule has 72 valence electrons. The van der Waals surface area contributed by atoms with E-state index in [1.54, 1.807) is 0 Å². The molecule has 0 radical (unpaired) electrons. The van der Waals surface area contributed by atoms with Crippen LogP contribution in [0.25, 0.3) is 0 Å². The molecule has 0 aliphatic heterocycles. The van der Waals surface area contributed by atoms with E-state index in [0.717, 1.165) is 12.4 Å². The first-order chi connectivity index (χ1) is 6.45. The van der Waals surface area contributed by atoms with Crippen LogP contribution in [0.1, 0.15) is 37.9 Å². The van der Waals surface area contributed by atoms with Crippen LogP contribution in [0.2, 0.25) is 0 Å². The minimum Gasteiger partial charge on any atom is -0.307 e. The van der Waals surface area contributed by atoms with E-state index < -0.39 is 0 Å². The molecule has 1 aromatic rings. The lowest BCUT2D eigenvalue weighted by atomic mass is 9.95. The summed E-state index contributed by atoms with van der Waals surface area (Å²) in [5.74, 6) is 0.755. The largest absolute Gasteiger partial charge is 0.307 e. The summed E-state index contributed by atoms with van der Waals surface area (Å²) < 4.78 is 0. The van der Waals surface area contributed by atoms with Gasteiger partial charge in [0, 0.05) is 6.04 Å². The Balaban J connectivity index is 1.72. The zero-order chi connectivity index (χ0) is 8.93. The van der Waals surface area contributed by atoms with E-state index in [9.17, 15) is 0 Å². The lowest BCUT2D eigenvalue weighted by Crippen LogP contribution is -2.30. The lowest BCUT2D eigenvalue weighted by molar-refractivity contribution is 0.369. The van der Waals surface area contributed by atoms with Crippen LogP contribution >= 0.6 is 0 Å². The summed E-state index contributed by atoms with van der Waals surface area (Å²) in [6, 6.07) is 0.659. The van der Waals surface area contributed by atoms with Crippen molar-refractivity contribution in [3.05, 3.63) is 5.82 Å². The van der Waals surface area contributed by atoms with Gasteiger partial charge in [-0.3, -0.25) is 0 Å². The molecule has 13 heavy (non-hydrogen) atoms. The van der Waals surface area contributed by atoms with Gasteiger partial charge in [0.05, 0.1) is 6.54 Å². The fourth-order valence-electron chi connectivity index (χ4n) is 1.80. The van der Waals surface area contributed by atoms with Crippen molar-refractivity contribution in [2.45, 2.75) is 44.7 Å². The monoisotopic (exact) mass is 181 g/mol. The van der Waals surface area contributed by atoms with E-state index >= 15 is 0 Å². The van der Waals surface area contributed by atoms with Crippen LogP contribution in [-0.2, 0) is 6.54 Å². The number of nitrogens with zero attached hydrogens (tertiary/aromatic N) is 3. The second kappa shape index (κ2) is 4.32. The molecule has 0 bridgehead atoms. The second-order valence-corrected chi connectivity index (χ2v) is 3.54. The van der Waals surface area contributed by atoms with Crippen LogP contribution in [0.3, 0.4) is 0 Å². The fraction of sp³-hybridized carbons (Fsp3) is 0.875. The molecule has 5 heteroatoms. The van der Waals surface area contributed by atoms with Crippen molar-refractivity contribution in [1.82, 2.24) is 25.9 Å². The molecule has 1 aliphatic carbocycles. The molecule has 0 spiro atoms. The summed E-state index contributed by atoms with van der Waals surface area (Å²) in [6.07, 6.45) is 6.67. The van der Waals surface area contributed by atoms with Gasteiger partial charge in [0.1, 0.15) is 0 Å². The Hall–Kier alpha value is -0.970. The molecule has 0 unspecified atom stereocenters. The normalized spacial score (nSPS) is 19.1. The van der Waals surface area contributed by atoms with Gasteiger partial charge in [0.25, 0.3) is 0 Å². The minimum absolute atomic E-state index is 0.659. The van der Waals surface area contributed by atoms with Crippen LogP contribution < -0.4 is 5.32 Å². The average Bonchev–Trinajstić information content (AvgIpc) is 2.69. The smallest absolute Gasteiger partial charge is 0.188 e. The lowest BCUT2D eigenvalue weighted by Gasteiger charge is -2.21. The summed E-state index contributed by atoms with van der Waals surface area (Å²) in [7, 11) is 0. The maximum atomic E-state index is 3.89. The van der Waals surface area contributed by atoms with Gasteiger partial charge < -0.3 is 5.32 Å². The SMILES string of the molecule is C1CCC(NCc2nn[nH]n2)CC1. The third kappa shape index (κ3) is 2.48. The van der Waals surface area contributed by atoms with E-state index in [2.05, 4.69) is 25.9 Å². The standard InChI is InChI=1S/C8H15N5/c1-2-4-7(5-3-1)9-6-8-10-12-13-11-8/h7,9H,1-6H2,(H,10,11,12,13). The highest BCUT2D eigenvalue weighted by atomic mass is 15.5. The Morgan fingerprint density at radius 1 is 1.31 bits per heavy atom. The van der Waals surface area contributed by atoms with E-state index in [-0.39, 0.29) is 0 Å². The van der Waals surface area contributed by atoms with Crippen LogP contribution in [0.4, 0.5) is 0 Å². The molecule has 1 saturated carbocycles. The van der Waals surface area contributed by atoms with Crippen molar-refractivity contribution < 1.29 is 0 Å². The number of hydrogen-bond donors (Lipinski definition) is 2. The molecule has 5 nitrogen and oxygen atoms in total. The zero-order valence-corrected chi connectivity index (χ0v) is 7.66.